The summed E-state index contributed by atoms with van der Waals surface area (Å²) in [5.41, 5.74) is -2.80. The third-order valence-electron chi connectivity index (χ3n) is 6.89. The van der Waals surface area contributed by atoms with Gasteiger partial charge < -0.3 is 20.2 Å². The molecular formula is C32H18N8NiO10. The maximum atomic E-state index is 12.6. The molecule has 6 rings (SSSR count). The van der Waals surface area contributed by atoms with Crippen LogP contribution in [0.3, 0.4) is 0 Å². The first kappa shape index (κ1) is 36.6. The Morgan fingerprint density at radius 3 is 1.14 bits per heavy atom. The van der Waals surface area contributed by atoms with E-state index >= 15 is 0 Å². The number of benzene rings is 4. The topological polar surface area (TPSA) is 261 Å². The Morgan fingerprint density at radius 1 is 0.490 bits per heavy atom. The second-order valence-corrected chi connectivity index (χ2v) is 9.91. The standard InChI is InChI=1S/2C16H10N4O5.Ni/c2*21-16(18-10-5-2-1-3-6-10)14-13(20(24)25)9-12(19(22)23)11-7-4-8-17-15(11)14;/h2*1-9H,(H,18,21);/q;;+2/p-2. The Balaban J connectivity index is 0.000000224. The minimum atomic E-state index is -0.892. The van der Waals surface area contributed by atoms with E-state index in [9.17, 15) is 50.0 Å². The summed E-state index contributed by atoms with van der Waals surface area (Å²) in [6.45, 7) is 0. The molecule has 0 bridgehead atoms. The number of nitro benzene ring substituents is 4. The van der Waals surface area contributed by atoms with Crippen LogP contribution in [0.5, 0.6) is 0 Å². The van der Waals surface area contributed by atoms with E-state index in [0.29, 0.717) is 11.4 Å². The van der Waals surface area contributed by atoms with E-state index in [4.69, 9.17) is 0 Å². The molecule has 0 spiro atoms. The number of aromatic nitrogens is 2. The van der Waals surface area contributed by atoms with Gasteiger partial charge in [-0.2, -0.15) is 0 Å². The molecule has 0 unspecified atom stereocenters. The van der Waals surface area contributed by atoms with Crippen molar-refractivity contribution in [2.24, 2.45) is 0 Å². The first-order valence-electron chi connectivity index (χ1n) is 14.0. The summed E-state index contributed by atoms with van der Waals surface area (Å²) in [7, 11) is 0. The predicted octanol–water partition coefficient (Wildman–Crippen LogP) is 7.79. The molecule has 0 aliphatic carbocycles. The van der Waals surface area contributed by atoms with Crippen molar-refractivity contribution in [2.45, 2.75) is 0 Å². The zero-order valence-electron chi connectivity index (χ0n) is 25.4. The quantitative estimate of drug-likeness (QED) is 0.0824. The maximum absolute atomic E-state index is 12.6. The van der Waals surface area contributed by atoms with E-state index in [2.05, 4.69) is 20.6 Å². The van der Waals surface area contributed by atoms with Crippen LogP contribution in [0.15, 0.2) is 109 Å². The van der Waals surface area contributed by atoms with Gasteiger partial charge in [0.1, 0.15) is 11.1 Å². The van der Waals surface area contributed by atoms with Crippen LogP contribution in [-0.2, 0) is 16.5 Å². The number of nitrogens with zero attached hydrogens (tertiary/aromatic N) is 8. The molecular weight excluding hydrogens is 715 g/mol. The van der Waals surface area contributed by atoms with Crippen LogP contribution in [0.25, 0.3) is 32.4 Å². The molecule has 18 nitrogen and oxygen atoms in total. The van der Waals surface area contributed by atoms with Gasteiger partial charge in [-0.1, -0.05) is 60.7 Å². The number of hydrogen-bond acceptors (Lipinski definition) is 12. The number of carbonyl (C=O) groups excluding carboxylic acids is 2. The van der Waals surface area contributed by atoms with Gasteiger partial charge in [-0.25, -0.2) is 0 Å². The molecule has 19 heteroatoms. The smallest absolute Gasteiger partial charge is 0.622 e. The number of fused-ring (bicyclic) bond motifs is 2. The first-order valence-corrected chi connectivity index (χ1v) is 14.0. The molecule has 4 aromatic carbocycles. The van der Waals surface area contributed by atoms with Gasteiger partial charge in [-0.3, -0.25) is 50.4 Å². The van der Waals surface area contributed by atoms with Crippen molar-refractivity contribution in [2.75, 3.05) is 0 Å². The molecule has 0 N–H and O–H groups in total. The normalized spacial score (nSPS) is 10.2. The van der Waals surface area contributed by atoms with Crippen molar-refractivity contribution in [3.63, 3.8) is 0 Å². The van der Waals surface area contributed by atoms with Gasteiger partial charge in [0, 0.05) is 12.4 Å². The molecule has 0 fully saturated rings. The van der Waals surface area contributed by atoms with Gasteiger partial charge in [0.15, 0.2) is 0 Å². The number of hydrogen-bond donors (Lipinski definition) is 0. The van der Waals surface area contributed by atoms with Gasteiger partial charge in [-0.05, 0) is 24.3 Å². The molecule has 51 heavy (non-hydrogen) atoms. The fourth-order valence-corrected chi connectivity index (χ4v) is 4.79. The monoisotopic (exact) mass is 732 g/mol. The number of nitro groups is 4. The molecule has 0 aliphatic rings. The van der Waals surface area contributed by atoms with Gasteiger partial charge >= 0.3 is 16.5 Å². The molecule has 0 saturated carbocycles. The summed E-state index contributed by atoms with van der Waals surface area (Å²) in [5.74, 6) is -1.78. The van der Waals surface area contributed by atoms with Gasteiger partial charge in [0.2, 0.25) is 0 Å². The van der Waals surface area contributed by atoms with Crippen molar-refractivity contribution in [1.82, 2.24) is 9.97 Å². The molecule has 0 saturated heterocycles. The van der Waals surface area contributed by atoms with Crippen LogP contribution in [0, 0.1) is 40.5 Å². The minimum absolute atomic E-state index is 0. The van der Waals surface area contributed by atoms with Crippen molar-refractivity contribution < 1.29 is 45.8 Å². The fourth-order valence-electron chi connectivity index (χ4n) is 4.79. The molecule has 2 aromatic heterocycles. The van der Waals surface area contributed by atoms with E-state index in [1.54, 1.807) is 60.7 Å². The Kier molecular flexibility index (Phi) is 11.3. The Morgan fingerprint density at radius 2 is 0.824 bits per heavy atom. The number of amides is 2. The largest absolute Gasteiger partial charge is 2.00 e. The maximum Gasteiger partial charge on any atom is 2.00 e. The van der Waals surface area contributed by atoms with Crippen molar-refractivity contribution in [3.8, 4) is 0 Å². The van der Waals surface area contributed by atoms with Gasteiger partial charge in [-0.15, -0.1) is 11.4 Å². The summed E-state index contributed by atoms with van der Waals surface area (Å²) >= 11 is 0. The van der Waals surface area contributed by atoms with Crippen LogP contribution in [0.2, 0.25) is 0 Å². The van der Waals surface area contributed by atoms with E-state index < -0.39 is 54.3 Å². The zero-order valence-corrected chi connectivity index (χ0v) is 26.4. The Bertz CT molecular complexity index is 2180. The van der Waals surface area contributed by atoms with Crippen LogP contribution in [0.4, 0.5) is 34.1 Å². The molecule has 2 heterocycles. The second-order valence-electron chi connectivity index (χ2n) is 9.91. The second kappa shape index (κ2) is 15.8. The SMILES string of the molecule is O=C([N-]c1ccccc1)c1c([N+](=O)[O-])cc([N+](=O)[O-])c2cccnc12.O=C([N-]c1ccccc1)c1c([N+](=O)[O-])cc([N+](=O)[O-])c2cccnc12.[Ni+2]. The van der Waals surface area contributed by atoms with Crippen LogP contribution < -0.4 is 0 Å². The zero-order chi connectivity index (χ0) is 35.9. The van der Waals surface area contributed by atoms with Gasteiger partial charge in [0.05, 0.1) is 65.4 Å². The Labute approximate surface area is 294 Å². The van der Waals surface area contributed by atoms with Crippen molar-refractivity contribution in [1.29, 1.82) is 0 Å². The van der Waals surface area contributed by atoms with E-state index in [1.807, 2.05) is 0 Å². The van der Waals surface area contributed by atoms with Crippen LogP contribution in [0.1, 0.15) is 20.7 Å². The average Bonchev–Trinajstić information content (AvgIpc) is 3.10. The average molecular weight is 733 g/mol. The summed E-state index contributed by atoms with van der Waals surface area (Å²) in [4.78, 5) is 74.9. The van der Waals surface area contributed by atoms with Crippen LogP contribution >= 0.6 is 0 Å². The molecule has 0 atom stereocenters. The third-order valence-corrected chi connectivity index (χ3v) is 6.89. The number of pyridine rings is 2. The number of non-ortho nitro benzene ring substituents is 2. The molecule has 0 aliphatic heterocycles. The van der Waals surface area contributed by atoms with E-state index in [0.717, 1.165) is 12.1 Å². The number of carbonyl (C=O) groups is 2. The summed E-state index contributed by atoms with van der Waals surface area (Å²) < 4.78 is 0. The first-order chi connectivity index (χ1) is 24.0. The molecule has 0 radical (unpaired) electrons. The van der Waals surface area contributed by atoms with Crippen molar-refractivity contribution >= 4 is 67.7 Å². The third kappa shape index (κ3) is 7.90. The summed E-state index contributed by atoms with van der Waals surface area (Å²) in [5, 5.41) is 52.9. The van der Waals surface area contributed by atoms with Crippen LogP contribution in [-0.4, -0.2) is 41.5 Å². The summed E-state index contributed by atoms with van der Waals surface area (Å²) in [6, 6.07) is 23.5. The number of para-hydroxylation sites is 2. The van der Waals surface area contributed by atoms with Crippen molar-refractivity contribution in [3.05, 3.63) is 172 Å². The Hall–Kier alpha value is -7.27. The minimum Gasteiger partial charge on any atom is -0.622 e. The predicted molar refractivity (Wildman–Crippen MR) is 178 cm³/mol. The molecule has 256 valence electrons. The molecule has 2 amide bonds. The fraction of sp³-hybridized carbons (Fsp3) is 0. The summed E-state index contributed by atoms with van der Waals surface area (Å²) in [6.07, 6.45) is 2.60. The van der Waals surface area contributed by atoms with E-state index in [-0.39, 0.29) is 49.4 Å². The number of rotatable bonds is 8. The van der Waals surface area contributed by atoms with E-state index in [1.165, 1.54) is 36.7 Å². The van der Waals surface area contributed by atoms with Gasteiger partial charge in [0.25, 0.3) is 22.7 Å². The molecule has 6 aromatic rings.